The van der Waals surface area contributed by atoms with E-state index in [-0.39, 0.29) is 11.3 Å². The number of carboxylic acids is 1. The van der Waals surface area contributed by atoms with Gasteiger partial charge in [-0.15, -0.1) is 0 Å². The maximum absolute atomic E-state index is 11.0. The van der Waals surface area contributed by atoms with Crippen molar-refractivity contribution in [3.63, 3.8) is 0 Å². The van der Waals surface area contributed by atoms with E-state index >= 15 is 0 Å². The lowest BCUT2D eigenvalue weighted by atomic mass is 10.0. The Morgan fingerprint density at radius 1 is 1.24 bits per heavy atom. The molecule has 1 saturated heterocycles. The largest absolute Gasteiger partial charge is 0.475 e. The van der Waals surface area contributed by atoms with Crippen LogP contribution in [0, 0.1) is 0 Å². The van der Waals surface area contributed by atoms with Crippen LogP contribution < -0.4 is 0 Å². The van der Waals surface area contributed by atoms with Gasteiger partial charge in [0.2, 0.25) is 5.76 Å². The second-order valence-corrected chi connectivity index (χ2v) is 7.30. The second kappa shape index (κ2) is 7.15. The van der Waals surface area contributed by atoms with Crippen molar-refractivity contribution in [2.45, 2.75) is 25.9 Å². The Hall–Kier alpha value is -1.89. The molecule has 1 aromatic carbocycles. The molecule has 1 N–H and O–H groups in total. The molecule has 25 heavy (non-hydrogen) atoms. The Bertz CT molecular complexity index is 745. The Labute approximate surface area is 148 Å². The minimum Gasteiger partial charge on any atom is -0.475 e. The molecule has 0 saturated carbocycles. The van der Waals surface area contributed by atoms with Crippen LogP contribution in [0.5, 0.6) is 0 Å². The molecule has 136 valence electrons. The number of rotatable bonds is 6. The van der Waals surface area contributed by atoms with Crippen LogP contribution in [0.1, 0.15) is 30.0 Å². The molecule has 0 spiro atoms. The molecular weight excluding hydrogens is 320 g/mol. The van der Waals surface area contributed by atoms with Crippen molar-refractivity contribution in [1.82, 2.24) is 9.80 Å². The summed E-state index contributed by atoms with van der Waals surface area (Å²) < 4.78 is 10.7. The molecule has 0 bridgehead atoms. The molecule has 0 amide bonds. The minimum atomic E-state index is -1.03. The van der Waals surface area contributed by atoms with Gasteiger partial charge in [0, 0.05) is 50.8 Å². The third-order valence-electron chi connectivity index (χ3n) is 4.92. The van der Waals surface area contributed by atoms with E-state index in [0.29, 0.717) is 5.58 Å². The summed E-state index contributed by atoms with van der Waals surface area (Å²) in [6.45, 7) is 10.1. The van der Waals surface area contributed by atoms with Crippen molar-refractivity contribution in [3.05, 3.63) is 35.6 Å². The molecule has 3 rings (SSSR count). The van der Waals surface area contributed by atoms with Crippen LogP contribution in [0.25, 0.3) is 11.0 Å². The van der Waals surface area contributed by atoms with Crippen LogP contribution in [0.15, 0.2) is 28.7 Å². The number of hydrogen-bond acceptors (Lipinski definition) is 5. The SMILES string of the molecule is COCC(C)(C)N1CCN(Cc2ccc3oc(C(=O)O)cc3c2)CC1. The van der Waals surface area contributed by atoms with Crippen LogP contribution in [-0.2, 0) is 11.3 Å². The number of fused-ring (bicyclic) bond motifs is 1. The fourth-order valence-corrected chi connectivity index (χ4v) is 3.51. The third kappa shape index (κ3) is 4.03. The molecule has 1 aromatic heterocycles. The normalized spacial score (nSPS) is 17.2. The van der Waals surface area contributed by atoms with Gasteiger partial charge in [-0.1, -0.05) is 6.07 Å². The van der Waals surface area contributed by atoms with E-state index in [1.807, 2.05) is 18.2 Å². The number of methoxy groups -OCH3 is 1. The van der Waals surface area contributed by atoms with Crippen LogP contribution in [0.2, 0.25) is 0 Å². The standard InChI is InChI=1S/C19H26N2O4/c1-19(2,13-24-3)21-8-6-20(7-9-21)12-14-4-5-16-15(10-14)11-17(25-16)18(22)23/h4-5,10-11H,6-9,12-13H2,1-3H3,(H,22,23). The van der Waals surface area contributed by atoms with E-state index in [9.17, 15) is 4.79 Å². The maximum atomic E-state index is 11.0. The third-order valence-corrected chi connectivity index (χ3v) is 4.92. The van der Waals surface area contributed by atoms with E-state index in [1.165, 1.54) is 5.56 Å². The molecule has 0 radical (unpaired) electrons. The Morgan fingerprint density at radius 3 is 2.60 bits per heavy atom. The first-order valence-corrected chi connectivity index (χ1v) is 8.61. The lowest BCUT2D eigenvalue weighted by molar-refractivity contribution is 0.000758. The fourth-order valence-electron chi connectivity index (χ4n) is 3.51. The predicted molar refractivity (Wildman–Crippen MR) is 96.0 cm³/mol. The summed E-state index contributed by atoms with van der Waals surface area (Å²) in [7, 11) is 1.75. The average Bonchev–Trinajstić information content (AvgIpc) is 2.99. The van der Waals surface area contributed by atoms with Crippen molar-refractivity contribution in [2.75, 3.05) is 39.9 Å². The molecule has 6 nitrogen and oxygen atoms in total. The van der Waals surface area contributed by atoms with Gasteiger partial charge in [0.05, 0.1) is 6.61 Å². The quantitative estimate of drug-likeness (QED) is 0.867. The van der Waals surface area contributed by atoms with Gasteiger partial charge in [0.25, 0.3) is 0 Å². The average molecular weight is 346 g/mol. The smallest absolute Gasteiger partial charge is 0.371 e. The summed E-state index contributed by atoms with van der Waals surface area (Å²) >= 11 is 0. The van der Waals surface area contributed by atoms with Crippen LogP contribution >= 0.6 is 0 Å². The van der Waals surface area contributed by atoms with E-state index < -0.39 is 5.97 Å². The van der Waals surface area contributed by atoms with Crippen LogP contribution in [0.4, 0.5) is 0 Å². The first kappa shape index (κ1) is 17.9. The maximum Gasteiger partial charge on any atom is 0.371 e. The highest BCUT2D eigenvalue weighted by molar-refractivity contribution is 5.91. The number of carboxylic acid groups (broad SMARTS) is 1. The zero-order valence-corrected chi connectivity index (χ0v) is 15.1. The summed E-state index contributed by atoms with van der Waals surface area (Å²) in [5.74, 6) is -1.05. The zero-order valence-electron chi connectivity index (χ0n) is 15.1. The summed E-state index contributed by atoms with van der Waals surface area (Å²) in [6.07, 6.45) is 0. The molecule has 0 unspecified atom stereocenters. The van der Waals surface area contributed by atoms with Gasteiger partial charge < -0.3 is 14.3 Å². The highest BCUT2D eigenvalue weighted by atomic mass is 16.5. The number of nitrogens with zero attached hydrogens (tertiary/aromatic N) is 2. The Morgan fingerprint density at radius 2 is 1.96 bits per heavy atom. The second-order valence-electron chi connectivity index (χ2n) is 7.30. The van der Waals surface area contributed by atoms with Gasteiger partial charge in [0.15, 0.2) is 0 Å². The molecule has 1 fully saturated rings. The number of hydrogen-bond donors (Lipinski definition) is 1. The number of furan rings is 1. The Balaban J connectivity index is 1.62. The Kier molecular flexibility index (Phi) is 5.13. The summed E-state index contributed by atoms with van der Waals surface area (Å²) in [6, 6.07) is 7.48. The molecular formula is C19H26N2O4. The fraction of sp³-hybridized carbons (Fsp3) is 0.526. The van der Waals surface area contributed by atoms with Crippen molar-refractivity contribution >= 4 is 16.9 Å². The minimum absolute atomic E-state index is 0.0128. The van der Waals surface area contributed by atoms with Crippen molar-refractivity contribution in [2.24, 2.45) is 0 Å². The molecule has 1 aliphatic heterocycles. The molecule has 2 heterocycles. The van der Waals surface area contributed by atoms with Crippen molar-refractivity contribution in [3.8, 4) is 0 Å². The zero-order chi connectivity index (χ0) is 18.0. The number of benzene rings is 1. The van der Waals surface area contributed by atoms with Gasteiger partial charge in [-0.3, -0.25) is 9.80 Å². The number of carbonyl (C=O) groups is 1. The summed E-state index contributed by atoms with van der Waals surface area (Å²) in [4.78, 5) is 15.9. The molecule has 0 aliphatic carbocycles. The van der Waals surface area contributed by atoms with Gasteiger partial charge in [-0.05, 0) is 37.6 Å². The summed E-state index contributed by atoms with van der Waals surface area (Å²) in [5, 5.41) is 9.87. The first-order chi connectivity index (χ1) is 11.9. The van der Waals surface area contributed by atoms with Gasteiger partial charge >= 0.3 is 5.97 Å². The van der Waals surface area contributed by atoms with E-state index in [4.69, 9.17) is 14.3 Å². The lowest BCUT2D eigenvalue weighted by Gasteiger charge is -2.43. The summed E-state index contributed by atoms with van der Waals surface area (Å²) in [5.41, 5.74) is 1.85. The van der Waals surface area contributed by atoms with Crippen LogP contribution in [-0.4, -0.2) is 66.3 Å². The van der Waals surface area contributed by atoms with Gasteiger partial charge in [-0.2, -0.15) is 0 Å². The number of ether oxygens (including phenoxy) is 1. The number of aromatic carboxylic acids is 1. The van der Waals surface area contributed by atoms with E-state index in [0.717, 1.165) is 44.7 Å². The highest BCUT2D eigenvalue weighted by Crippen LogP contribution is 2.23. The lowest BCUT2D eigenvalue weighted by Crippen LogP contribution is -2.56. The molecule has 2 aromatic rings. The number of piperazine rings is 1. The first-order valence-electron chi connectivity index (χ1n) is 8.61. The molecule has 0 atom stereocenters. The van der Waals surface area contributed by atoms with Gasteiger partial charge in [-0.25, -0.2) is 4.79 Å². The topological polar surface area (TPSA) is 66.2 Å². The van der Waals surface area contributed by atoms with E-state index in [2.05, 4.69) is 23.6 Å². The highest BCUT2D eigenvalue weighted by Gasteiger charge is 2.29. The molecule has 6 heteroatoms. The van der Waals surface area contributed by atoms with Gasteiger partial charge in [0.1, 0.15) is 5.58 Å². The van der Waals surface area contributed by atoms with E-state index in [1.54, 1.807) is 13.2 Å². The predicted octanol–water partition coefficient (Wildman–Crippen LogP) is 2.67. The van der Waals surface area contributed by atoms with Crippen LogP contribution in [0.3, 0.4) is 0 Å². The monoisotopic (exact) mass is 346 g/mol. The molecule has 1 aliphatic rings. The van der Waals surface area contributed by atoms with Crippen molar-refractivity contribution < 1.29 is 19.1 Å². The van der Waals surface area contributed by atoms with Crippen molar-refractivity contribution in [1.29, 1.82) is 0 Å².